The number of H-pyrrole nitrogens is 1. The number of rotatable bonds is 0. The van der Waals surface area contributed by atoms with Crippen molar-refractivity contribution in [3.63, 3.8) is 0 Å². The summed E-state index contributed by atoms with van der Waals surface area (Å²) in [5.74, 6) is 0. The molecule has 0 aliphatic rings. The van der Waals surface area contributed by atoms with Crippen LogP contribution >= 0.6 is 0 Å². The summed E-state index contributed by atoms with van der Waals surface area (Å²) in [6.45, 7) is 4.15. The summed E-state index contributed by atoms with van der Waals surface area (Å²) in [6, 6.07) is 2.06. The maximum Gasteiger partial charge on any atom is 0.0145 e. The van der Waals surface area contributed by atoms with E-state index >= 15 is 0 Å². The molecule has 1 heterocycles. The number of aromatic amines is 1. The number of hydrogen-bond donors (Lipinski definition) is 1. The number of nitrogens with one attached hydrogen (secondary N) is 1. The first kappa shape index (κ1) is 8.71. The van der Waals surface area contributed by atoms with Gasteiger partial charge in [-0.3, -0.25) is 0 Å². The molecule has 0 atom stereocenters. The summed E-state index contributed by atoms with van der Waals surface area (Å²) in [5.41, 5.74) is 2.60. The van der Waals surface area contributed by atoms with Crippen molar-refractivity contribution in [2.24, 2.45) is 0 Å². The minimum absolute atomic E-state index is 1.26. The van der Waals surface area contributed by atoms with Gasteiger partial charge >= 0.3 is 0 Å². The van der Waals surface area contributed by atoms with Crippen LogP contribution in [0.2, 0.25) is 0 Å². The van der Waals surface area contributed by atoms with Crippen LogP contribution in [0.1, 0.15) is 11.3 Å². The van der Waals surface area contributed by atoms with Gasteiger partial charge in [-0.15, -0.1) is 0 Å². The van der Waals surface area contributed by atoms with Gasteiger partial charge in [-0.05, 0) is 45.0 Å². The molecule has 0 radical (unpaired) electrons. The zero-order chi connectivity index (χ0) is 7.28. The van der Waals surface area contributed by atoms with Crippen molar-refractivity contribution in [1.82, 2.24) is 4.98 Å². The van der Waals surface area contributed by atoms with Crippen LogP contribution in [-0.4, -0.2) is 24.5 Å². The number of aryl methyl sites for hydroxylation is 2. The smallest absolute Gasteiger partial charge is 0.0145 e. The number of aromatic nitrogens is 1. The molecule has 0 unspecified atom stereocenters. The van der Waals surface area contributed by atoms with Crippen LogP contribution in [0.4, 0.5) is 0 Å². The fourth-order valence-corrected chi connectivity index (χ4v) is 0.531. The summed E-state index contributed by atoms with van der Waals surface area (Å²) in [6.07, 6.45) is 1.95. The molecule has 0 saturated heterocycles. The Hall–Kier alpha value is -0.286. The molecule has 0 aliphatic carbocycles. The molecule has 1 nitrogen and oxygen atoms in total. The lowest BCUT2D eigenvalue weighted by Gasteiger charge is -1.81. The Bertz CT molecular complexity index is 143. The van der Waals surface area contributed by atoms with Crippen molar-refractivity contribution in [2.45, 2.75) is 13.8 Å². The predicted molar refractivity (Wildman–Crippen MR) is 50.1 cm³/mol. The van der Waals surface area contributed by atoms with Crippen LogP contribution in [-0.2, 0) is 0 Å². The van der Waals surface area contributed by atoms with Gasteiger partial charge in [-0.1, -0.05) is 0 Å². The quantitative estimate of drug-likeness (QED) is 0.478. The van der Waals surface area contributed by atoms with Crippen molar-refractivity contribution in [3.8, 4) is 0 Å². The van der Waals surface area contributed by atoms with Crippen molar-refractivity contribution >= 4 is 19.5 Å². The third-order valence-electron chi connectivity index (χ3n) is 1.22. The van der Waals surface area contributed by atoms with Gasteiger partial charge in [0.05, 0.1) is 0 Å². The highest BCUT2D eigenvalue weighted by atomic mass is 29.1. The molecule has 0 amide bonds. The maximum absolute atomic E-state index is 3.07. The maximum atomic E-state index is 3.07. The largest absolute Gasteiger partial charge is 0.365 e. The van der Waals surface area contributed by atoms with Crippen LogP contribution in [0.25, 0.3) is 0 Å². The lowest BCUT2D eigenvalue weighted by Crippen LogP contribution is -1.69. The van der Waals surface area contributed by atoms with Crippen molar-refractivity contribution in [1.29, 1.82) is 0 Å². The standard InChI is InChI=1S/C6H9N.H6Si2/c1-5-3-4-7-6(5)2;1-2/h3-4,7H,1-2H3;1-2H3. The molecule has 9 heavy (non-hydrogen) atoms. The van der Waals surface area contributed by atoms with Gasteiger partial charge in [-0.25, -0.2) is 0 Å². The van der Waals surface area contributed by atoms with Crippen LogP contribution in [0.3, 0.4) is 0 Å². The summed E-state index contributed by atoms with van der Waals surface area (Å²) in [7, 11) is 2.89. The SMILES string of the molecule is Cc1cc[nH]c1C.[SiH3][SiH3]. The van der Waals surface area contributed by atoms with Gasteiger partial charge in [0.25, 0.3) is 0 Å². The summed E-state index contributed by atoms with van der Waals surface area (Å²) >= 11 is 0. The molecule has 1 aromatic rings. The van der Waals surface area contributed by atoms with E-state index < -0.39 is 0 Å². The molecule has 0 spiro atoms. The molecule has 1 rings (SSSR count). The van der Waals surface area contributed by atoms with Crippen molar-refractivity contribution in [2.75, 3.05) is 0 Å². The summed E-state index contributed by atoms with van der Waals surface area (Å²) in [4.78, 5) is 3.07. The van der Waals surface area contributed by atoms with E-state index in [0.717, 1.165) is 0 Å². The normalized spacial score (nSPS) is 8.67. The van der Waals surface area contributed by atoms with Gasteiger partial charge in [0.2, 0.25) is 0 Å². The van der Waals surface area contributed by atoms with Crippen LogP contribution in [0, 0.1) is 13.8 Å². The van der Waals surface area contributed by atoms with Crippen LogP contribution in [0.15, 0.2) is 12.3 Å². The lowest BCUT2D eigenvalue weighted by molar-refractivity contribution is 1.23. The molecule has 1 N–H and O–H groups in total. The van der Waals surface area contributed by atoms with Gasteiger partial charge in [0.15, 0.2) is 0 Å². The fourth-order valence-electron chi connectivity index (χ4n) is 0.531. The zero-order valence-corrected chi connectivity index (χ0v) is 10.7. The highest BCUT2D eigenvalue weighted by molar-refractivity contribution is 6.75. The Balaban J connectivity index is 0.000000291. The first-order valence-corrected chi connectivity index (χ1v) is 11.4. The van der Waals surface area contributed by atoms with Gasteiger partial charge in [0, 0.05) is 11.9 Å². The summed E-state index contributed by atoms with van der Waals surface area (Å²) in [5, 5.41) is 0. The summed E-state index contributed by atoms with van der Waals surface area (Å²) < 4.78 is 0. The topological polar surface area (TPSA) is 15.8 Å². The molecule has 1 aromatic heterocycles. The second kappa shape index (κ2) is 4.58. The minimum Gasteiger partial charge on any atom is -0.365 e. The zero-order valence-electron chi connectivity index (χ0n) is 6.65. The average molecular weight is 157 g/mol. The monoisotopic (exact) mass is 157 g/mol. The van der Waals surface area contributed by atoms with E-state index in [1.807, 2.05) is 6.20 Å². The van der Waals surface area contributed by atoms with Crippen molar-refractivity contribution < 1.29 is 0 Å². The van der Waals surface area contributed by atoms with E-state index in [1.165, 1.54) is 30.8 Å². The second-order valence-corrected chi connectivity index (χ2v) is 1.79. The van der Waals surface area contributed by atoms with E-state index in [0.29, 0.717) is 0 Å². The van der Waals surface area contributed by atoms with Crippen LogP contribution in [0.5, 0.6) is 0 Å². The average Bonchev–Trinajstić information content (AvgIpc) is 2.23. The van der Waals surface area contributed by atoms with E-state index in [9.17, 15) is 0 Å². The lowest BCUT2D eigenvalue weighted by atomic mass is 10.3. The molecule has 52 valence electrons. The Morgan fingerprint density at radius 2 is 1.89 bits per heavy atom. The van der Waals surface area contributed by atoms with Gasteiger partial charge in [0.1, 0.15) is 0 Å². The molecule has 0 aliphatic heterocycles. The molecular formula is C6H15NSi2. The molecule has 3 heteroatoms. The third-order valence-corrected chi connectivity index (χ3v) is 1.22. The first-order valence-electron chi connectivity index (χ1n) is 3.41. The fraction of sp³-hybridized carbons (Fsp3) is 0.333. The Kier molecular flexibility index (Phi) is 4.43. The van der Waals surface area contributed by atoms with E-state index in [4.69, 9.17) is 0 Å². The van der Waals surface area contributed by atoms with E-state index in [-0.39, 0.29) is 0 Å². The highest BCUT2D eigenvalue weighted by Crippen LogP contribution is 1.99. The molecule has 0 saturated carbocycles. The molecule has 0 fully saturated rings. The number of hydrogen-bond acceptors (Lipinski definition) is 0. The van der Waals surface area contributed by atoms with Gasteiger partial charge < -0.3 is 4.98 Å². The van der Waals surface area contributed by atoms with Gasteiger partial charge in [-0.2, -0.15) is 0 Å². The second-order valence-electron chi connectivity index (χ2n) is 1.79. The molecule has 0 aromatic carbocycles. The molecular weight excluding hydrogens is 142 g/mol. The Morgan fingerprint density at radius 1 is 1.33 bits per heavy atom. The third kappa shape index (κ3) is 2.67. The highest BCUT2D eigenvalue weighted by Gasteiger charge is 1.85. The van der Waals surface area contributed by atoms with E-state index in [2.05, 4.69) is 24.9 Å². The Labute approximate surface area is 62.5 Å². The first-order chi connectivity index (χ1) is 4.30. The molecule has 0 bridgehead atoms. The minimum atomic E-state index is 1.26. The van der Waals surface area contributed by atoms with Crippen LogP contribution < -0.4 is 0 Å². The van der Waals surface area contributed by atoms with E-state index in [1.54, 1.807) is 0 Å². The predicted octanol–water partition coefficient (Wildman–Crippen LogP) is -0.736. The Morgan fingerprint density at radius 3 is 2.00 bits per heavy atom. The van der Waals surface area contributed by atoms with Crippen molar-refractivity contribution in [3.05, 3.63) is 23.5 Å².